The highest BCUT2D eigenvalue weighted by Gasteiger charge is 2.18. The van der Waals surface area contributed by atoms with Crippen LogP contribution in [0.1, 0.15) is 0 Å². The average molecular weight is 250 g/mol. The molecule has 0 bridgehead atoms. The van der Waals surface area contributed by atoms with Crippen LogP contribution in [0.2, 0.25) is 0 Å². The van der Waals surface area contributed by atoms with Crippen molar-refractivity contribution in [3.63, 3.8) is 0 Å². The van der Waals surface area contributed by atoms with Crippen molar-refractivity contribution >= 4 is 21.5 Å². The molecule has 3 aromatic carbocycles. The molecule has 18 heavy (non-hydrogen) atoms. The summed E-state index contributed by atoms with van der Waals surface area (Å²) in [7, 11) is 0. The van der Waals surface area contributed by atoms with E-state index in [9.17, 15) is 17.6 Å². The fourth-order valence-electron chi connectivity index (χ4n) is 2.16. The Hall–Kier alpha value is -2.10. The molecule has 0 spiro atoms. The highest BCUT2D eigenvalue weighted by molar-refractivity contribution is 6.08. The number of fused-ring (bicyclic) bond motifs is 3. The maximum atomic E-state index is 13.8. The van der Waals surface area contributed by atoms with Gasteiger partial charge in [-0.05, 0) is 12.1 Å². The van der Waals surface area contributed by atoms with E-state index >= 15 is 0 Å². The minimum Gasteiger partial charge on any atom is -0.206 e. The van der Waals surface area contributed by atoms with Crippen molar-refractivity contribution in [2.75, 3.05) is 0 Å². The number of rotatable bonds is 0. The van der Waals surface area contributed by atoms with Crippen molar-refractivity contribution in [1.29, 1.82) is 0 Å². The van der Waals surface area contributed by atoms with Crippen LogP contribution in [0.3, 0.4) is 0 Å². The Labute approximate surface area is 99.5 Å². The molecule has 4 heteroatoms. The van der Waals surface area contributed by atoms with Gasteiger partial charge in [-0.15, -0.1) is 0 Å². The number of halogens is 4. The van der Waals surface area contributed by atoms with E-state index < -0.39 is 23.3 Å². The zero-order valence-corrected chi connectivity index (χ0v) is 8.98. The molecule has 0 aromatic heterocycles. The largest absolute Gasteiger partial charge is 0.206 e. The quantitative estimate of drug-likeness (QED) is 0.405. The molecule has 90 valence electrons. The van der Waals surface area contributed by atoms with Crippen LogP contribution in [-0.4, -0.2) is 0 Å². The van der Waals surface area contributed by atoms with Crippen molar-refractivity contribution in [3.05, 3.63) is 59.7 Å². The first-order valence-electron chi connectivity index (χ1n) is 5.24. The first-order valence-corrected chi connectivity index (χ1v) is 5.24. The summed E-state index contributed by atoms with van der Waals surface area (Å²) >= 11 is 0. The van der Waals surface area contributed by atoms with E-state index in [-0.39, 0.29) is 21.5 Å². The van der Waals surface area contributed by atoms with Crippen molar-refractivity contribution in [2.24, 2.45) is 0 Å². The summed E-state index contributed by atoms with van der Waals surface area (Å²) in [4.78, 5) is 0. The average Bonchev–Trinajstić information content (AvgIpc) is 2.36. The molecule has 0 heterocycles. The predicted molar refractivity (Wildman–Crippen MR) is 61.3 cm³/mol. The van der Waals surface area contributed by atoms with Gasteiger partial charge in [-0.25, -0.2) is 17.6 Å². The summed E-state index contributed by atoms with van der Waals surface area (Å²) in [6, 6.07) is 7.14. The van der Waals surface area contributed by atoms with Crippen LogP contribution in [-0.2, 0) is 0 Å². The lowest BCUT2D eigenvalue weighted by Crippen LogP contribution is -1.94. The highest BCUT2D eigenvalue weighted by atomic mass is 19.2. The second kappa shape index (κ2) is 3.70. The van der Waals surface area contributed by atoms with E-state index in [0.29, 0.717) is 0 Å². The van der Waals surface area contributed by atoms with Gasteiger partial charge >= 0.3 is 0 Å². The minimum atomic E-state index is -1.16. The van der Waals surface area contributed by atoms with E-state index in [1.165, 1.54) is 24.3 Å². The van der Waals surface area contributed by atoms with Crippen molar-refractivity contribution in [3.8, 4) is 0 Å². The van der Waals surface area contributed by atoms with Gasteiger partial charge in [0.05, 0.1) is 0 Å². The zero-order valence-electron chi connectivity index (χ0n) is 8.98. The lowest BCUT2D eigenvalue weighted by atomic mass is 10.00. The van der Waals surface area contributed by atoms with Gasteiger partial charge < -0.3 is 0 Å². The van der Waals surface area contributed by atoms with Crippen LogP contribution in [0.25, 0.3) is 21.5 Å². The molecule has 3 rings (SSSR count). The van der Waals surface area contributed by atoms with E-state index in [1.807, 2.05) is 0 Å². The fraction of sp³-hybridized carbons (Fsp3) is 0. The van der Waals surface area contributed by atoms with Gasteiger partial charge in [0, 0.05) is 21.5 Å². The van der Waals surface area contributed by atoms with Gasteiger partial charge in [0.1, 0.15) is 11.6 Å². The number of benzene rings is 3. The van der Waals surface area contributed by atoms with Gasteiger partial charge in [0.15, 0.2) is 11.6 Å². The molecule has 0 aliphatic heterocycles. The fourth-order valence-corrected chi connectivity index (χ4v) is 2.16. The van der Waals surface area contributed by atoms with E-state index in [2.05, 4.69) is 0 Å². The summed E-state index contributed by atoms with van der Waals surface area (Å²) in [5.41, 5.74) is 0. The molecular weight excluding hydrogens is 244 g/mol. The van der Waals surface area contributed by atoms with Gasteiger partial charge in [-0.3, -0.25) is 0 Å². The normalized spacial score (nSPS) is 11.3. The standard InChI is InChI=1S/C14H6F4/c15-9-5-1-3-7-11(9)12-8(14(18)13(7)17)4-2-6-10(12)16/h1-6H. The first kappa shape index (κ1) is 11.0. The Balaban J connectivity index is 2.75. The third kappa shape index (κ3) is 1.32. The molecule has 0 saturated heterocycles. The Kier molecular flexibility index (Phi) is 2.26. The summed E-state index contributed by atoms with van der Waals surface area (Å²) in [6.45, 7) is 0. The summed E-state index contributed by atoms with van der Waals surface area (Å²) < 4.78 is 55.1. The monoisotopic (exact) mass is 250 g/mol. The molecular formula is C14H6F4. The summed E-state index contributed by atoms with van der Waals surface area (Å²) in [6.07, 6.45) is 0. The Morgan fingerprint density at radius 1 is 0.556 bits per heavy atom. The lowest BCUT2D eigenvalue weighted by Gasteiger charge is -2.08. The SMILES string of the molecule is Fc1c(F)c2cccc(F)c2c2c(F)cccc12. The van der Waals surface area contributed by atoms with Crippen LogP contribution in [0.4, 0.5) is 17.6 Å². The second-order valence-corrected chi connectivity index (χ2v) is 3.95. The molecule has 0 amide bonds. The van der Waals surface area contributed by atoms with Crippen molar-refractivity contribution < 1.29 is 17.6 Å². The molecule has 0 radical (unpaired) electrons. The zero-order chi connectivity index (χ0) is 12.9. The van der Waals surface area contributed by atoms with E-state index in [1.54, 1.807) is 0 Å². The lowest BCUT2D eigenvalue weighted by molar-refractivity contribution is 0.524. The highest BCUT2D eigenvalue weighted by Crippen LogP contribution is 2.33. The molecule has 0 nitrogen and oxygen atoms in total. The van der Waals surface area contributed by atoms with E-state index in [0.717, 1.165) is 12.1 Å². The van der Waals surface area contributed by atoms with Crippen molar-refractivity contribution in [1.82, 2.24) is 0 Å². The Morgan fingerprint density at radius 2 is 0.944 bits per heavy atom. The number of hydrogen-bond acceptors (Lipinski definition) is 0. The van der Waals surface area contributed by atoms with Crippen LogP contribution in [0.15, 0.2) is 36.4 Å². The van der Waals surface area contributed by atoms with Gasteiger partial charge in [-0.1, -0.05) is 24.3 Å². The van der Waals surface area contributed by atoms with E-state index in [4.69, 9.17) is 0 Å². The third-order valence-corrected chi connectivity index (χ3v) is 2.94. The topological polar surface area (TPSA) is 0 Å². The molecule has 0 N–H and O–H groups in total. The molecule has 0 unspecified atom stereocenters. The van der Waals surface area contributed by atoms with Crippen LogP contribution >= 0.6 is 0 Å². The molecule has 0 aliphatic carbocycles. The maximum absolute atomic E-state index is 13.8. The van der Waals surface area contributed by atoms with Gasteiger partial charge in [0.2, 0.25) is 0 Å². The number of hydrogen-bond donors (Lipinski definition) is 0. The molecule has 0 saturated carbocycles. The van der Waals surface area contributed by atoms with Crippen LogP contribution < -0.4 is 0 Å². The molecule has 0 aliphatic rings. The third-order valence-electron chi connectivity index (χ3n) is 2.94. The summed E-state index contributed by atoms with van der Waals surface area (Å²) in [5, 5.41) is -0.982. The molecule has 0 fully saturated rings. The second-order valence-electron chi connectivity index (χ2n) is 3.95. The first-order chi connectivity index (χ1) is 8.61. The van der Waals surface area contributed by atoms with Crippen LogP contribution in [0.5, 0.6) is 0 Å². The maximum Gasteiger partial charge on any atom is 0.167 e. The van der Waals surface area contributed by atoms with Crippen molar-refractivity contribution in [2.45, 2.75) is 0 Å². The smallest absolute Gasteiger partial charge is 0.167 e. The molecule has 3 aromatic rings. The predicted octanol–water partition coefficient (Wildman–Crippen LogP) is 4.55. The van der Waals surface area contributed by atoms with Gasteiger partial charge in [-0.2, -0.15) is 0 Å². The van der Waals surface area contributed by atoms with Gasteiger partial charge in [0.25, 0.3) is 0 Å². The minimum absolute atomic E-state index is 0.232. The van der Waals surface area contributed by atoms with Crippen LogP contribution in [0, 0.1) is 23.3 Å². The Morgan fingerprint density at radius 3 is 1.33 bits per heavy atom. The molecule has 0 atom stereocenters. The Bertz CT molecular complexity index is 711. The summed E-state index contributed by atoms with van der Waals surface area (Å²) in [5.74, 6) is -3.88.